The number of sulfone groups is 1. The summed E-state index contributed by atoms with van der Waals surface area (Å²) in [4.78, 5) is 0.251. The highest BCUT2D eigenvalue weighted by molar-refractivity contribution is 9.10. The van der Waals surface area contributed by atoms with Crippen molar-refractivity contribution in [3.05, 3.63) is 58.3 Å². The van der Waals surface area contributed by atoms with Gasteiger partial charge < -0.3 is 5.32 Å². The molecule has 0 bridgehead atoms. The van der Waals surface area contributed by atoms with E-state index in [1.165, 1.54) is 12.1 Å². The van der Waals surface area contributed by atoms with Gasteiger partial charge in [-0.1, -0.05) is 22.0 Å². The fourth-order valence-corrected chi connectivity index (χ4v) is 2.77. The first-order valence-corrected chi connectivity index (χ1v) is 8.52. The highest BCUT2D eigenvalue weighted by Crippen LogP contribution is 2.20. The zero-order valence-electron chi connectivity index (χ0n) is 10.7. The molecule has 0 aliphatic carbocycles. The van der Waals surface area contributed by atoms with Crippen molar-refractivity contribution in [3.63, 3.8) is 0 Å². The Morgan fingerprint density at radius 2 is 1.95 bits per heavy atom. The van der Waals surface area contributed by atoms with E-state index in [4.69, 9.17) is 0 Å². The molecule has 0 aliphatic heterocycles. The van der Waals surface area contributed by atoms with E-state index in [-0.39, 0.29) is 10.7 Å². The molecule has 2 aromatic carbocycles. The molecule has 2 aromatic rings. The van der Waals surface area contributed by atoms with Gasteiger partial charge in [-0.3, -0.25) is 0 Å². The van der Waals surface area contributed by atoms with E-state index in [0.717, 1.165) is 16.3 Å². The molecule has 20 heavy (non-hydrogen) atoms. The third kappa shape index (κ3) is 3.80. The molecule has 0 radical (unpaired) electrons. The summed E-state index contributed by atoms with van der Waals surface area (Å²) < 4.78 is 36.9. The van der Waals surface area contributed by atoms with Crippen LogP contribution in [0, 0.1) is 5.82 Å². The largest absolute Gasteiger partial charge is 0.381 e. The van der Waals surface area contributed by atoms with E-state index in [1.807, 2.05) is 0 Å². The zero-order valence-corrected chi connectivity index (χ0v) is 13.1. The minimum atomic E-state index is -3.23. The molecule has 6 heteroatoms. The van der Waals surface area contributed by atoms with Crippen LogP contribution in [-0.4, -0.2) is 14.7 Å². The van der Waals surface area contributed by atoms with E-state index in [1.54, 1.807) is 30.3 Å². The molecule has 0 atom stereocenters. The maximum atomic E-state index is 13.2. The Morgan fingerprint density at radius 3 is 2.65 bits per heavy atom. The van der Waals surface area contributed by atoms with Gasteiger partial charge >= 0.3 is 0 Å². The van der Waals surface area contributed by atoms with E-state index in [2.05, 4.69) is 21.2 Å². The topological polar surface area (TPSA) is 46.2 Å². The van der Waals surface area contributed by atoms with Crippen LogP contribution in [0.15, 0.2) is 51.8 Å². The lowest BCUT2D eigenvalue weighted by molar-refractivity contribution is 0.602. The number of rotatable bonds is 4. The van der Waals surface area contributed by atoms with Gasteiger partial charge in [0.15, 0.2) is 9.84 Å². The molecule has 0 aliphatic rings. The minimum Gasteiger partial charge on any atom is -0.381 e. The Balaban J connectivity index is 2.17. The molecule has 3 nitrogen and oxygen atoms in total. The predicted octanol–water partition coefficient (Wildman–Crippen LogP) is 3.60. The van der Waals surface area contributed by atoms with Gasteiger partial charge in [0.1, 0.15) is 5.82 Å². The summed E-state index contributed by atoms with van der Waals surface area (Å²) >= 11 is 3.35. The van der Waals surface area contributed by atoms with Gasteiger partial charge in [-0.2, -0.15) is 0 Å². The molecule has 0 saturated carbocycles. The summed E-state index contributed by atoms with van der Waals surface area (Å²) in [7, 11) is -3.23. The van der Waals surface area contributed by atoms with Crippen LogP contribution in [0.25, 0.3) is 0 Å². The Labute approximate surface area is 125 Å². The van der Waals surface area contributed by atoms with Crippen LogP contribution in [-0.2, 0) is 16.4 Å². The van der Waals surface area contributed by atoms with E-state index < -0.39 is 9.84 Å². The lowest BCUT2D eigenvalue weighted by Crippen LogP contribution is -2.03. The van der Waals surface area contributed by atoms with Crippen molar-refractivity contribution in [2.75, 3.05) is 11.6 Å². The minimum absolute atomic E-state index is 0.251. The normalized spacial score (nSPS) is 11.3. The number of hydrogen-bond donors (Lipinski definition) is 1. The van der Waals surface area contributed by atoms with Crippen molar-refractivity contribution in [2.45, 2.75) is 11.4 Å². The quantitative estimate of drug-likeness (QED) is 0.908. The average Bonchev–Trinajstić information content (AvgIpc) is 2.39. The third-order valence-electron chi connectivity index (χ3n) is 2.75. The molecule has 1 N–H and O–H groups in total. The summed E-state index contributed by atoms with van der Waals surface area (Å²) in [6.45, 7) is 0.394. The molecule has 0 heterocycles. The molecule has 2 rings (SSSR count). The van der Waals surface area contributed by atoms with Crippen LogP contribution in [0.5, 0.6) is 0 Å². The monoisotopic (exact) mass is 357 g/mol. The van der Waals surface area contributed by atoms with Gasteiger partial charge in [0.2, 0.25) is 0 Å². The predicted molar refractivity (Wildman–Crippen MR) is 81.0 cm³/mol. The van der Waals surface area contributed by atoms with Gasteiger partial charge in [0.25, 0.3) is 0 Å². The summed E-state index contributed by atoms with van der Waals surface area (Å²) in [6.07, 6.45) is 1.16. The van der Waals surface area contributed by atoms with Gasteiger partial charge in [-0.25, -0.2) is 12.8 Å². The average molecular weight is 358 g/mol. The maximum absolute atomic E-state index is 13.2. The summed E-state index contributed by atoms with van der Waals surface area (Å²) in [5.41, 5.74) is 1.43. The second-order valence-corrected chi connectivity index (χ2v) is 7.26. The summed E-state index contributed by atoms with van der Waals surface area (Å²) in [5.74, 6) is -0.310. The molecule has 0 fully saturated rings. The molecular weight excluding hydrogens is 345 g/mol. The van der Waals surface area contributed by atoms with Gasteiger partial charge in [-0.05, 0) is 42.0 Å². The Bertz CT molecular complexity index is 732. The SMILES string of the molecule is CS(=O)(=O)c1cccc(NCc2cc(F)ccc2Br)c1. The second-order valence-electron chi connectivity index (χ2n) is 4.39. The molecule has 106 valence electrons. The number of nitrogens with one attached hydrogen (secondary N) is 1. The van der Waals surface area contributed by atoms with E-state index >= 15 is 0 Å². The van der Waals surface area contributed by atoms with Gasteiger partial charge in [0, 0.05) is 23.0 Å². The van der Waals surface area contributed by atoms with Crippen LogP contribution in [0.1, 0.15) is 5.56 Å². The number of benzene rings is 2. The highest BCUT2D eigenvalue weighted by atomic mass is 79.9. The number of anilines is 1. The van der Waals surface area contributed by atoms with Crippen molar-refractivity contribution >= 4 is 31.5 Å². The second kappa shape index (κ2) is 5.93. The molecule has 0 spiro atoms. The third-order valence-corrected chi connectivity index (χ3v) is 4.64. The van der Waals surface area contributed by atoms with Crippen molar-refractivity contribution in [3.8, 4) is 0 Å². The van der Waals surface area contributed by atoms with E-state index in [0.29, 0.717) is 12.2 Å². The zero-order chi connectivity index (χ0) is 14.8. The fourth-order valence-electron chi connectivity index (χ4n) is 1.71. The molecule has 0 amide bonds. The smallest absolute Gasteiger partial charge is 0.175 e. The summed E-state index contributed by atoms with van der Waals surface area (Å²) in [6, 6.07) is 11.0. The maximum Gasteiger partial charge on any atom is 0.175 e. The van der Waals surface area contributed by atoms with Crippen LogP contribution >= 0.6 is 15.9 Å². The molecular formula is C14H13BrFNO2S. The molecule has 0 aromatic heterocycles. The first-order chi connectivity index (χ1) is 9.36. The van der Waals surface area contributed by atoms with Gasteiger partial charge in [0.05, 0.1) is 4.90 Å². The molecule has 0 unspecified atom stereocenters. The first kappa shape index (κ1) is 15.0. The van der Waals surface area contributed by atoms with Gasteiger partial charge in [-0.15, -0.1) is 0 Å². The number of hydrogen-bond acceptors (Lipinski definition) is 3. The Kier molecular flexibility index (Phi) is 4.45. The van der Waals surface area contributed by atoms with Crippen LogP contribution in [0.2, 0.25) is 0 Å². The van der Waals surface area contributed by atoms with Crippen molar-refractivity contribution in [1.82, 2.24) is 0 Å². The standard InChI is InChI=1S/C14H13BrFNO2S/c1-20(18,19)13-4-2-3-12(8-13)17-9-10-7-11(16)5-6-14(10)15/h2-8,17H,9H2,1H3. The van der Waals surface area contributed by atoms with Crippen LogP contribution in [0.4, 0.5) is 10.1 Å². The summed E-state index contributed by atoms with van der Waals surface area (Å²) in [5, 5.41) is 3.08. The van der Waals surface area contributed by atoms with E-state index in [9.17, 15) is 12.8 Å². The molecule has 0 saturated heterocycles. The fraction of sp³-hybridized carbons (Fsp3) is 0.143. The van der Waals surface area contributed by atoms with Crippen molar-refractivity contribution in [1.29, 1.82) is 0 Å². The highest BCUT2D eigenvalue weighted by Gasteiger charge is 2.07. The lowest BCUT2D eigenvalue weighted by Gasteiger charge is -2.09. The number of halogens is 2. The van der Waals surface area contributed by atoms with Crippen LogP contribution < -0.4 is 5.32 Å². The van der Waals surface area contributed by atoms with Crippen molar-refractivity contribution in [2.24, 2.45) is 0 Å². The lowest BCUT2D eigenvalue weighted by atomic mass is 10.2. The van der Waals surface area contributed by atoms with Crippen molar-refractivity contribution < 1.29 is 12.8 Å². The Morgan fingerprint density at radius 1 is 1.20 bits per heavy atom. The van der Waals surface area contributed by atoms with Crippen LogP contribution in [0.3, 0.4) is 0 Å². The first-order valence-electron chi connectivity index (χ1n) is 5.84. The Hall–Kier alpha value is -1.40.